The van der Waals surface area contributed by atoms with Gasteiger partial charge in [-0.25, -0.2) is 4.79 Å². The summed E-state index contributed by atoms with van der Waals surface area (Å²) in [5.74, 6) is -0.744. The van der Waals surface area contributed by atoms with Gasteiger partial charge >= 0.3 is 18.4 Å². The van der Waals surface area contributed by atoms with E-state index in [9.17, 15) is 27.9 Å². The number of urea groups is 1. The van der Waals surface area contributed by atoms with Crippen molar-refractivity contribution >= 4 is 23.4 Å². The highest BCUT2D eigenvalue weighted by Gasteiger charge is 2.31. The molecule has 0 bridgehead atoms. The van der Waals surface area contributed by atoms with Gasteiger partial charge in [-0.2, -0.15) is 0 Å². The van der Waals surface area contributed by atoms with E-state index in [1.54, 1.807) is 48.5 Å². The van der Waals surface area contributed by atoms with E-state index in [1.807, 2.05) is 0 Å². The molecule has 41 heavy (non-hydrogen) atoms. The molecule has 0 radical (unpaired) electrons. The zero-order valence-electron chi connectivity index (χ0n) is 22.4. The normalized spacial score (nSPS) is 11.9. The van der Waals surface area contributed by atoms with Crippen LogP contribution in [0.15, 0.2) is 72.8 Å². The van der Waals surface area contributed by atoms with Crippen LogP contribution < -0.4 is 25.0 Å². The van der Waals surface area contributed by atoms with Crippen LogP contribution in [0.4, 0.5) is 29.3 Å². The molecule has 0 aliphatic rings. The molecule has 0 aliphatic carbocycles. The highest BCUT2D eigenvalue weighted by atomic mass is 19.4. The fraction of sp³-hybridized carbons (Fsp3) is 0.310. The molecule has 4 N–H and O–H groups in total. The SMILES string of the molecule is CCCCOc1ccc(N(Cc2ccc(C(O)NCCC(=O)O)cc2)C(=O)Nc2ccc(OC(F)(F)F)cc2)cc1. The predicted molar refractivity (Wildman–Crippen MR) is 147 cm³/mol. The number of hydrogen-bond acceptors (Lipinski definition) is 6. The van der Waals surface area contributed by atoms with Crippen LogP contribution in [0.2, 0.25) is 0 Å². The number of unbranched alkanes of at least 4 members (excludes halogenated alkanes) is 1. The van der Waals surface area contributed by atoms with Crippen LogP contribution in [0.25, 0.3) is 0 Å². The summed E-state index contributed by atoms with van der Waals surface area (Å²) >= 11 is 0. The van der Waals surface area contributed by atoms with Crippen LogP contribution >= 0.6 is 0 Å². The Morgan fingerprint density at radius 1 is 0.951 bits per heavy atom. The second-order valence-corrected chi connectivity index (χ2v) is 9.03. The Labute approximate surface area is 235 Å². The molecule has 3 aromatic carbocycles. The average molecular weight is 576 g/mol. The minimum atomic E-state index is -4.83. The number of hydrogen-bond donors (Lipinski definition) is 4. The number of aliphatic carboxylic acids is 1. The number of ether oxygens (including phenoxy) is 2. The molecule has 3 rings (SSSR count). The van der Waals surface area contributed by atoms with Gasteiger partial charge in [0.1, 0.15) is 17.7 Å². The number of aliphatic hydroxyl groups excluding tert-OH is 1. The molecule has 12 heteroatoms. The van der Waals surface area contributed by atoms with Crippen LogP contribution in [0.5, 0.6) is 11.5 Å². The van der Waals surface area contributed by atoms with Crippen molar-refractivity contribution in [1.82, 2.24) is 5.32 Å². The number of carbonyl (C=O) groups is 2. The van der Waals surface area contributed by atoms with Gasteiger partial charge in [-0.15, -0.1) is 13.2 Å². The second kappa shape index (κ2) is 14.9. The first kappa shape index (κ1) is 31.2. The van der Waals surface area contributed by atoms with E-state index in [1.165, 1.54) is 17.0 Å². The number of aliphatic hydroxyl groups is 1. The van der Waals surface area contributed by atoms with E-state index in [-0.39, 0.29) is 25.2 Å². The highest BCUT2D eigenvalue weighted by molar-refractivity contribution is 6.01. The molecule has 0 heterocycles. The van der Waals surface area contributed by atoms with E-state index >= 15 is 0 Å². The minimum absolute atomic E-state index is 0.0909. The summed E-state index contributed by atoms with van der Waals surface area (Å²) in [6.45, 7) is 2.84. The van der Waals surface area contributed by atoms with Gasteiger partial charge in [0, 0.05) is 17.9 Å². The van der Waals surface area contributed by atoms with E-state index in [2.05, 4.69) is 22.3 Å². The number of rotatable bonds is 14. The van der Waals surface area contributed by atoms with Gasteiger partial charge in [0.15, 0.2) is 0 Å². The Morgan fingerprint density at radius 2 is 1.59 bits per heavy atom. The standard InChI is InChI=1S/C29H32F3N3O6/c1-2-3-18-40-24-14-10-23(11-15-24)35(28(39)34-22-8-12-25(13-9-22)41-29(30,31)32)19-20-4-6-21(7-5-20)27(38)33-17-16-26(36)37/h4-15,27,33,38H,2-3,16-19H2,1H3,(H,34,39)(H,36,37). The Bertz CT molecular complexity index is 1250. The Kier molecular flexibility index (Phi) is 11.4. The Morgan fingerprint density at radius 3 is 2.17 bits per heavy atom. The van der Waals surface area contributed by atoms with E-state index in [4.69, 9.17) is 9.84 Å². The molecule has 0 saturated carbocycles. The molecule has 9 nitrogen and oxygen atoms in total. The van der Waals surface area contributed by atoms with Crippen LogP contribution in [0, 0.1) is 0 Å². The number of carboxylic acids is 1. The van der Waals surface area contributed by atoms with Crippen LogP contribution in [-0.4, -0.2) is 41.7 Å². The van der Waals surface area contributed by atoms with E-state index in [0.29, 0.717) is 23.6 Å². The van der Waals surface area contributed by atoms with Gasteiger partial charge < -0.3 is 25.0 Å². The van der Waals surface area contributed by atoms with Gasteiger partial charge in [0.25, 0.3) is 0 Å². The molecule has 0 saturated heterocycles. The summed E-state index contributed by atoms with van der Waals surface area (Å²) in [6, 6.07) is 18.0. The van der Waals surface area contributed by atoms with E-state index in [0.717, 1.165) is 30.5 Å². The predicted octanol–water partition coefficient (Wildman–Crippen LogP) is 6.06. The van der Waals surface area contributed by atoms with Crippen molar-refractivity contribution in [3.8, 4) is 11.5 Å². The van der Waals surface area contributed by atoms with Crippen LogP contribution in [-0.2, 0) is 11.3 Å². The first-order chi connectivity index (χ1) is 19.5. The minimum Gasteiger partial charge on any atom is -0.494 e. The molecule has 0 spiro atoms. The van der Waals surface area contributed by atoms with Crippen molar-refractivity contribution < 1.29 is 42.4 Å². The summed E-state index contributed by atoms with van der Waals surface area (Å²) in [5, 5.41) is 24.4. The molecule has 1 atom stereocenters. The molecule has 1 unspecified atom stereocenters. The molecular formula is C29H32F3N3O6. The lowest BCUT2D eigenvalue weighted by molar-refractivity contribution is -0.274. The summed E-state index contributed by atoms with van der Waals surface area (Å²) in [5.41, 5.74) is 2.05. The zero-order chi connectivity index (χ0) is 29.8. The maximum absolute atomic E-state index is 13.3. The number of carboxylic acid groups (broad SMARTS) is 1. The lowest BCUT2D eigenvalue weighted by atomic mass is 10.1. The van der Waals surface area contributed by atoms with Gasteiger partial charge in [-0.3, -0.25) is 15.0 Å². The third-order valence-corrected chi connectivity index (χ3v) is 5.81. The number of alkyl halides is 3. The number of nitrogens with zero attached hydrogens (tertiary/aromatic N) is 1. The number of nitrogens with one attached hydrogen (secondary N) is 2. The molecule has 0 fully saturated rings. The maximum atomic E-state index is 13.3. The molecular weight excluding hydrogens is 543 g/mol. The number of anilines is 2. The van der Waals surface area contributed by atoms with Crippen molar-refractivity contribution in [1.29, 1.82) is 0 Å². The first-order valence-electron chi connectivity index (χ1n) is 12.9. The summed E-state index contributed by atoms with van der Waals surface area (Å²) in [4.78, 5) is 25.5. The maximum Gasteiger partial charge on any atom is 0.573 e. The topological polar surface area (TPSA) is 120 Å². The Hall–Kier alpha value is -4.29. The molecule has 0 aromatic heterocycles. The smallest absolute Gasteiger partial charge is 0.494 e. The lowest BCUT2D eigenvalue weighted by Crippen LogP contribution is -2.34. The molecule has 220 valence electrons. The quantitative estimate of drug-likeness (QED) is 0.136. The van der Waals surface area contributed by atoms with Gasteiger partial charge in [0.05, 0.1) is 19.6 Å². The van der Waals surface area contributed by atoms with Gasteiger partial charge in [0.2, 0.25) is 0 Å². The number of benzene rings is 3. The monoisotopic (exact) mass is 575 g/mol. The highest BCUT2D eigenvalue weighted by Crippen LogP contribution is 2.26. The summed E-state index contributed by atoms with van der Waals surface area (Å²) in [6.07, 6.45) is -4.13. The van der Waals surface area contributed by atoms with Gasteiger partial charge in [-0.1, -0.05) is 37.6 Å². The summed E-state index contributed by atoms with van der Waals surface area (Å²) in [7, 11) is 0. The van der Waals surface area contributed by atoms with Crippen LogP contribution in [0.1, 0.15) is 43.5 Å². The second-order valence-electron chi connectivity index (χ2n) is 9.03. The van der Waals surface area contributed by atoms with Gasteiger partial charge in [-0.05, 0) is 66.1 Å². The first-order valence-corrected chi connectivity index (χ1v) is 12.9. The third kappa shape index (κ3) is 10.7. The number of carbonyl (C=O) groups excluding carboxylic acids is 1. The summed E-state index contributed by atoms with van der Waals surface area (Å²) < 4.78 is 47.0. The fourth-order valence-electron chi connectivity index (χ4n) is 3.69. The van der Waals surface area contributed by atoms with Crippen molar-refractivity contribution in [2.45, 2.75) is 45.3 Å². The van der Waals surface area contributed by atoms with Crippen molar-refractivity contribution in [2.24, 2.45) is 0 Å². The lowest BCUT2D eigenvalue weighted by Gasteiger charge is -2.24. The van der Waals surface area contributed by atoms with Crippen LogP contribution in [0.3, 0.4) is 0 Å². The Balaban J connectivity index is 1.76. The number of halogens is 3. The molecule has 3 aromatic rings. The molecule has 0 aliphatic heterocycles. The van der Waals surface area contributed by atoms with Crippen molar-refractivity contribution in [2.75, 3.05) is 23.4 Å². The molecule has 2 amide bonds. The van der Waals surface area contributed by atoms with Crippen molar-refractivity contribution in [3.05, 3.63) is 83.9 Å². The van der Waals surface area contributed by atoms with E-state index < -0.39 is 30.3 Å². The largest absolute Gasteiger partial charge is 0.573 e. The average Bonchev–Trinajstić information content (AvgIpc) is 2.92. The number of amides is 2. The fourth-order valence-corrected chi connectivity index (χ4v) is 3.69. The third-order valence-electron chi connectivity index (χ3n) is 5.81. The van der Waals surface area contributed by atoms with Crippen molar-refractivity contribution in [3.63, 3.8) is 0 Å². The zero-order valence-corrected chi connectivity index (χ0v) is 22.4.